The van der Waals surface area contributed by atoms with Crippen molar-refractivity contribution in [1.82, 2.24) is 5.32 Å². The van der Waals surface area contributed by atoms with E-state index in [0.717, 1.165) is 5.56 Å². The van der Waals surface area contributed by atoms with Crippen LogP contribution in [0.3, 0.4) is 0 Å². The second-order valence-electron chi connectivity index (χ2n) is 5.44. The van der Waals surface area contributed by atoms with Crippen molar-refractivity contribution in [2.45, 2.75) is 26.4 Å². The summed E-state index contributed by atoms with van der Waals surface area (Å²) in [6, 6.07) is 12.9. The number of hydrogen-bond donors (Lipinski definition) is 3. The smallest absolute Gasteiger partial charge is 0.161 e. The number of rotatable bonds is 5. The molecular weight excluding hydrogens is 286 g/mol. The SMILES string of the molecule is CC(C)C(NCc1cccc(O)c1O)c1ccc(Cl)cc1. The van der Waals surface area contributed by atoms with Gasteiger partial charge in [-0.25, -0.2) is 0 Å². The highest BCUT2D eigenvalue weighted by Crippen LogP contribution is 2.29. The third-order valence-corrected chi connectivity index (χ3v) is 3.76. The molecule has 3 N–H and O–H groups in total. The fourth-order valence-corrected chi connectivity index (χ4v) is 2.47. The lowest BCUT2D eigenvalue weighted by Crippen LogP contribution is -2.25. The summed E-state index contributed by atoms with van der Waals surface area (Å²) in [6.07, 6.45) is 0. The highest BCUT2D eigenvalue weighted by atomic mass is 35.5. The Morgan fingerprint density at radius 3 is 2.33 bits per heavy atom. The molecule has 0 fully saturated rings. The zero-order chi connectivity index (χ0) is 15.4. The molecule has 1 unspecified atom stereocenters. The Morgan fingerprint density at radius 1 is 1.05 bits per heavy atom. The second kappa shape index (κ2) is 6.83. The van der Waals surface area contributed by atoms with E-state index in [-0.39, 0.29) is 17.5 Å². The first-order valence-corrected chi connectivity index (χ1v) is 7.35. The van der Waals surface area contributed by atoms with Crippen LogP contribution in [0.4, 0.5) is 0 Å². The Bertz CT molecular complexity index is 596. The summed E-state index contributed by atoms with van der Waals surface area (Å²) < 4.78 is 0. The van der Waals surface area contributed by atoms with Crippen LogP contribution in [0.25, 0.3) is 0 Å². The van der Waals surface area contributed by atoms with E-state index in [2.05, 4.69) is 19.2 Å². The summed E-state index contributed by atoms with van der Waals surface area (Å²) >= 11 is 5.93. The first-order valence-electron chi connectivity index (χ1n) is 6.97. The molecule has 0 heterocycles. The van der Waals surface area contributed by atoms with Crippen LogP contribution in [0.5, 0.6) is 11.5 Å². The molecule has 0 spiro atoms. The summed E-state index contributed by atoms with van der Waals surface area (Å²) in [4.78, 5) is 0. The lowest BCUT2D eigenvalue weighted by molar-refractivity contribution is 0.384. The fourth-order valence-electron chi connectivity index (χ4n) is 2.35. The summed E-state index contributed by atoms with van der Waals surface area (Å²) in [5.41, 5.74) is 1.82. The number of phenols is 2. The maximum atomic E-state index is 9.85. The highest BCUT2D eigenvalue weighted by molar-refractivity contribution is 6.30. The van der Waals surface area contributed by atoms with Gasteiger partial charge in [0.2, 0.25) is 0 Å². The second-order valence-corrected chi connectivity index (χ2v) is 5.88. The van der Waals surface area contributed by atoms with E-state index in [1.165, 1.54) is 6.07 Å². The van der Waals surface area contributed by atoms with E-state index < -0.39 is 0 Å². The van der Waals surface area contributed by atoms with Gasteiger partial charge in [-0.1, -0.05) is 49.7 Å². The van der Waals surface area contributed by atoms with Crippen molar-refractivity contribution in [3.8, 4) is 11.5 Å². The molecule has 0 bridgehead atoms. The summed E-state index contributed by atoms with van der Waals surface area (Å²) in [5, 5.41) is 23.5. The van der Waals surface area contributed by atoms with E-state index in [4.69, 9.17) is 11.6 Å². The Hall–Kier alpha value is -1.71. The Balaban J connectivity index is 2.14. The zero-order valence-corrected chi connectivity index (χ0v) is 12.9. The number of nitrogens with one attached hydrogen (secondary N) is 1. The van der Waals surface area contributed by atoms with Gasteiger partial charge in [-0.2, -0.15) is 0 Å². The van der Waals surface area contributed by atoms with Gasteiger partial charge in [0, 0.05) is 23.2 Å². The lowest BCUT2D eigenvalue weighted by atomic mass is 9.96. The average Bonchev–Trinajstić information content (AvgIpc) is 2.45. The maximum absolute atomic E-state index is 9.85. The molecule has 0 aliphatic rings. The van der Waals surface area contributed by atoms with Crippen molar-refractivity contribution in [2.24, 2.45) is 5.92 Å². The third kappa shape index (κ3) is 3.90. The van der Waals surface area contributed by atoms with Gasteiger partial charge < -0.3 is 15.5 Å². The molecule has 2 rings (SSSR count). The van der Waals surface area contributed by atoms with Crippen LogP contribution in [0, 0.1) is 5.92 Å². The molecule has 0 saturated carbocycles. The average molecular weight is 306 g/mol. The molecule has 0 aliphatic heterocycles. The minimum absolute atomic E-state index is 0.0661. The summed E-state index contributed by atoms with van der Waals surface area (Å²) in [5.74, 6) is 0.219. The molecule has 2 aromatic rings. The molecule has 4 heteroatoms. The number of hydrogen-bond acceptors (Lipinski definition) is 3. The van der Waals surface area contributed by atoms with Crippen LogP contribution in [0.2, 0.25) is 5.02 Å². The Kier molecular flexibility index (Phi) is 5.10. The largest absolute Gasteiger partial charge is 0.504 e. The predicted octanol–water partition coefficient (Wildman–Crippen LogP) is 4.24. The maximum Gasteiger partial charge on any atom is 0.161 e. The van der Waals surface area contributed by atoms with E-state index in [1.54, 1.807) is 12.1 Å². The van der Waals surface area contributed by atoms with Crippen molar-refractivity contribution >= 4 is 11.6 Å². The zero-order valence-electron chi connectivity index (χ0n) is 12.2. The third-order valence-electron chi connectivity index (χ3n) is 3.51. The van der Waals surface area contributed by atoms with Gasteiger partial charge in [-0.15, -0.1) is 0 Å². The normalized spacial score (nSPS) is 12.6. The molecule has 1 atom stereocenters. The van der Waals surface area contributed by atoms with Crippen LogP contribution in [-0.4, -0.2) is 10.2 Å². The van der Waals surface area contributed by atoms with Crippen LogP contribution in [-0.2, 0) is 6.54 Å². The van der Waals surface area contributed by atoms with Crippen molar-refractivity contribution in [3.63, 3.8) is 0 Å². The van der Waals surface area contributed by atoms with Crippen molar-refractivity contribution in [3.05, 3.63) is 58.6 Å². The van der Waals surface area contributed by atoms with Gasteiger partial charge in [0.1, 0.15) is 0 Å². The van der Waals surface area contributed by atoms with E-state index in [0.29, 0.717) is 23.0 Å². The molecule has 0 amide bonds. The molecule has 3 nitrogen and oxygen atoms in total. The number of phenolic OH excluding ortho intramolecular Hbond substituents is 2. The first kappa shape index (κ1) is 15.7. The monoisotopic (exact) mass is 305 g/mol. The molecular formula is C17H20ClNO2. The van der Waals surface area contributed by atoms with Crippen molar-refractivity contribution in [2.75, 3.05) is 0 Å². The predicted molar refractivity (Wildman–Crippen MR) is 85.6 cm³/mol. The Labute approximate surface area is 130 Å². The topological polar surface area (TPSA) is 52.5 Å². The quantitative estimate of drug-likeness (QED) is 0.724. The minimum atomic E-state index is -0.0955. The lowest BCUT2D eigenvalue weighted by Gasteiger charge is -2.23. The Morgan fingerprint density at radius 2 is 1.71 bits per heavy atom. The fraction of sp³-hybridized carbons (Fsp3) is 0.294. The molecule has 0 aliphatic carbocycles. The molecule has 0 radical (unpaired) electrons. The van der Waals surface area contributed by atoms with Crippen LogP contribution in [0.1, 0.15) is 31.0 Å². The van der Waals surface area contributed by atoms with E-state index >= 15 is 0 Å². The van der Waals surface area contributed by atoms with Crippen LogP contribution >= 0.6 is 11.6 Å². The van der Waals surface area contributed by atoms with Gasteiger partial charge in [-0.05, 0) is 29.7 Å². The van der Waals surface area contributed by atoms with Gasteiger partial charge in [-0.3, -0.25) is 0 Å². The van der Waals surface area contributed by atoms with Gasteiger partial charge in [0.15, 0.2) is 11.5 Å². The van der Waals surface area contributed by atoms with Crippen LogP contribution < -0.4 is 5.32 Å². The number of para-hydroxylation sites is 1. The number of aromatic hydroxyl groups is 2. The van der Waals surface area contributed by atoms with E-state index in [1.807, 2.05) is 24.3 Å². The number of benzene rings is 2. The molecule has 112 valence electrons. The van der Waals surface area contributed by atoms with Gasteiger partial charge >= 0.3 is 0 Å². The molecule has 0 aromatic heterocycles. The summed E-state index contributed by atoms with van der Waals surface area (Å²) in [6.45, 7) is 4.74. The highest BCUT2D eigenvalue weighted by Gasteiger charge is 2.16. The van der Waals surface area contributed by atoms with Gasteiger partial charge in [0.05, 0.1) is 0 Å². The molecule has 0 saturated heterocycles. The first-order chi connectivity index (χ1) is 9.99. The number of halogens is 1. The minimum Gasteiger partial charge on any atom is -0.504 e. The van der Waals surface area contributed by atoms with E-state index in [9.17, 15) is 10.2 Å². The standard InChI is InChI=1S/C17H20ClNO2/c1-11(2)16(12-6-8-14(18)9-7-12)19-10-13-4-3-5-15(20)17(13)21/h3-9,11,16,19-21H,10H2,1-2H3. The summed E-state index contributed by atoms with van der Waals surface area (Å²) in [7, 11) is 0. The van der Waals surface area contributed by atoms with Crippen molar-refractivity contribution in [1.29, 1.82) is 0 Å². The van der Waals surface area contributed by atoms with Crippen molar-refractivity contribution < 1.29 is 10.2 Å². The van der Waals surface area contributed by atoms with Crippen LogP contribution in [0.15, 0.2) is 42.5 Å². The van der Waals surface area contributed by atoms with Gasteiger partial charge in [0.25, 0.3) is 0 Å². The molecule has 2 aromatic carbocycles. The molecule has 21 heavy (non-hydrogen) atoms.